The fourth-order valence-electron chi connectivity index (χ4n) is 9.70. The number of carbonyl (C=O) groups is 3. The normalized spacial score (nSPS) is 15.7. The van der Waals surface area contributed by atoms with E-state index in [9.17, 15) is 19.8 Å². The summed E-state index contributed by atoms with van der Waals surface area (Å²) in [5.41, 5.74) is 20.9. The van der Waals surface area contributed by atoms with Crippen LogP contribution in [0.2, 0.25) is 0 Å². The molecule has 2 amide bonds. The first-order chi connectivity index (χ1) is 31.1. The summed E-state index contributed by atoms with van der Waals surface area (Å²) in [5.74, 6) is -0.438. The molecule has 64 heavy (non-hydrogen) atoms. The second-order valence-corrected chi connectivity index (χ2v) is 17.5. The van der Waals surface area contributed by atoms with E-state index in [1.807, 2.05) is 70.5 Å². The fraction of sp³-hybridized carbons (Fsp3) is 0.291. The zero-order valence-corrected chi connectivity index (χ0v) is 36.3. The number of piperidine rings is 2. The topological polar surface area (TPSA) is 150 Å². The van der Waals surface area contributed by atoms with Crippen LogP contribution in [-0.4, -0.2) is 63.8 Å². The molecule has 0 aromatic heterocycles. The van der Waals surface area contributed by atoms with Crippen molar-refractivity contribution in [3.05, 3.63) is 201 Å². The van der Waals surface area contributed by atoms with E-state index in [0.717, 1.165) is 59.1 Å². The number of aromatic hydroxyl groups is 2. The lowest BCUT2D eigenvalue weighted by Gasteiger charge is -2.32. The van der Waals surface area contributed by atoms with Crippen molar-refractivity contribution in [1.29, 1.82) is 0 Å². The molecule has 2 atom stereocenters. The summed E-state index contributed by atoms with van der Waals surface area (Å²) in [6, 6.07) is 45.5. The number of hydrogen-bond acceptors (Lipinski definition) is 7. The second kappa shape index (κ2) is 20.3. The maximum Gasteiger partial charge on any atom is 0.253 e. The van der Waals surface area contributed by atoms with Gasteiger partial charge in [-0.15, -0.1) is 0 Å². The van der Waals surface area contributed by atoms with Gasteiger partial charge in [-0.2, -0.15) is 0 Å². The third-order valence-corrected chi connectivity index (χ3v) is 13.4. The SMILES string of the molecule is NCc1cccc(C2CCN(C(=O)c3cccc(CC(C(=O)C(Cc4cccc(C(=O)N5CCC(c6cccc(CN)c6)CC5)c4)c4ccc(O)cc4)c4ccc(O)cc4)c3)CC2)c1. The van der Waals surface area contributed by atoms with Gasteiger partial charge in [-0.3, -0.25) is 14.4 Å². The minimum absolute atomic E-state index is 0.0263. The zero-order chi connectivity index (χ0) is 44.6. The van der Waals surface area contributed by atoms with E-state index in [1.165, 1.54) is 11.1 Å². The monoisotopic (exact) mass is 854 g/mol. The maximum absolute atomic E-state index is 15.2. The summed E-state index contributed by atoms with van der Waals surface area (Å²) in [6.45, 7) is 3.61. The molecule has 0 bridgehead atoms. The van der Waals surface area contributed by atoms with Crippen LogP contribution in [0.3, 0.4) is 0 Å². The number of likely N-dealkylation sites (tertiary alicyclic amines) is 2. The highest BCUT2D eigenvalue weighted by atomic mass is 16.3. The Morgan fingerprint density at radius 3 is 1.22 bits per heavy atom. The van der Waals surface area contributed by atoms with E-state index in [0.29, 0.717) is 75.1 Å². The number of ketones is 1. The Bertz CT molecular complexity index is 2380. The third kappa shape index (κ3) is 10.4. The molecule has 0 saturated carbocycles. The number of hydrogen-bond donors (Lipinski definition) is 4. The molecule has 6 N–H and O–H groups in total. The minimum Gasteiger partial charge on any atom is -0.508 e. The average Bonchev–Trinajstić information content (AvgIpc) is 3.35. The van der Waals surface area contributed by atoms with Gasteiger partial charge in [0.1, 0.15) is 17.3 Å². The standard InChI is InChI=1S/C55H58N4O5/c56-35-39-7-3-9-45(31-39)41-21-25-58(26-22-41)54(63)47-11-1-5-37(29-47)33-51(43-13-17-49(60)18-14-43)53(62)52(44-15-19-50(61)20-16-44)34-38-6-2-12-48(30-38)55(64)59-27-23-42(24-28-59)46-10-4-8-40(32-46)36-57/h1-20,29-32,41-42,51-52,60-61H,21-28,33-36,56-57H2. The van der Waals surface area contributed by atoms with Gasteiger partial charge in [0.2, 0.25) is 0 Å². The second-order valence-electron chi connectivity index (χ2n) is 17.5. The van der Waals surface area contributed by atoms with Crippen LogP contribution in [0.15, 0.2) is 146 Å². The van der Waals surface area contributed by atoms with E-state index >= 15 is 4.79 Å². The predicted molar refractivity (Wildman–Crippen MR) is 251 cm³/mol. The van der Waals surface area contributed by atoms with Crippen LogP contribution >= 0.6 is 0 Å². The highest BCUT2D eigenvalue weighted by Gasteiger charge is 2.32. The first-order valence-corrected chi connectivity index (χ1v) is 22.6. The first kappa shape index (κ1) is 44.1. The van der Waals surface area contributed by atoms with Gasteiger partial charge in [-0.25, -0.2) is 0 Å². The largest absolute Gasteiger partial charge is 0.508 e. The molecule has 2 aliphatic heterocycles. The predicted octanol–water partition coefficient (Wildman–Crippen LogP) is 8.98. The zero-order valence-electron chi connectivity index (χ0n) is 36.3. The molecule has 6 aromatic rings. The average molecular weight is 855 g/mol. The van der Waals surface area contributed by atoms with Gasteiger partial charge in [0.15, 0.2) is 0 Å². The molecule has 0 radical (unpaired) electrons. The van der Waals surface area contributed by atoms with Crippen LogP contribution in [0, 0.1) is 0 Å². The molecular formula is C55H58N4O5. The molecule has 8 rings (SSSR count). The van der Waals surface area contributed by atoms with Crippen LogP contribution in [0.1, 0.15) is 115 Å². The summed E-state index contributed by atoms with van der Waals surface area (Å²) in [6.07, 6.45) is 4.13. The van der Waals surface area contributed by atoms with Crippen LogP contribution in [-0.2, 0) is 30.7 Å². The molecule has 0 spiro atoms. The Kier molecular flexibility index (Phi) is 14.0. The molecule has 9 heteroatoms. The fourth-order valence-corrected chi connectivity index (χ4v) is 9.70. The number of benzene rings is 6. The van der Waals surface area contributed by atoms with E-state index < -0.39 is 11.8 Å². The summed E-state index contributed by atoms with van der Waals surface area (Å²) >= 11 is 0. The van der Waals surface area contributed by atoms with E-state index in [2.05, 4.69) is 36.4 Å². The number of phenolic OH excluding ortho intramolecular Hbond substituents is 2. The van der Waals surface area contributed by atoms with Crippen molar-refractivity contribution in [2.75, 3.05) is 26.2 Å². The van der Waals surface area contributed by atoms with Crippen molar-refractivity contribution < 1.29 is 24.6 Å². The molecule has 6 aromatic carbocycles. The van der Waals surface area contributed by atoms with Crippen molar-refractivity contribution in [3.63, 3.8) is 0 Å². The number of Topliss-reactive ketones (excluding diaryl/α,β-unsaturated/α-hetero) is 1. The molecule has 9 nitrogen and oxygen atoms in total. The summed E-state index contributed by atoms with van der Waals surface area (Å²) in [4.78, 5) is 47.1. The molecule has 328 valence electrons. The van der Waals surface area contributed by atoms with E-state index in [1.54, 1.807) is 48.5 Å². The number of rotatable bonds is 14. The van der Waals surface area contributed by atoms with Crippen molar-refractivity contribution in [2.45, 2.75) is 75.3 Å². The molecule has 2 aliphatic rings. The molecular weight excluding hydrogens is 797 g/mol. The summed E-state index contributed by atoms with van der Waals surface area (Å²) < 4.78 is 0. The van der Waals surface area contributed by atoms with Gasteiger partial charge in [0, 0.05) is 62.2 Å². The highest BCUT2D eigenvalue weighted by Crippen LogP contribution is 2.35. The lowest BCUT2D eigenvalue weighted by Crippen LogP contribution is -2.38. The first-order valence-electron chi connectivity index (χ1n) is 22.6. The van der Waals surface area contributed by atoms with Gasteiger partial charge in [-0.1, -0.05) is 97.1 Å². The van der Waals surface area contributed by atoms with Gasteiger partial charge in [0.05, 0.1) is 0 Å². The quantitative estimate of drug-likeness (QED) is 0.0855. The van der Waals surface area contributed by atoms with Gasteiger partial charge < -0.3 is 31.5 Å². The lowest BCUT2D eigenvalue weighted by molar-refractivity contribution is -0.122. The van der Waals surface area contributed by atoms with Crippen molar-refractivity contribution in [1.82, 2.24) is 9.80 Å². The molecule has 2 saturated heterocycles. The Balaban J connectivity index is 1.00. The highest BCUT2D eigenvalue weighted by molar-refractivity contribution is 5.96. The van der Waals surface area contributed by atoms with Crippen LogP contribution in [0.4, 0.5) is 0 Å². The number of nitrogens with two attached hydrogens (primary N) is 2. The summed E-state index contributed by atoms with van der Waals surface area (Å²) in [5, 5.41) is 20.5. The van der Waals surface area contributed by atoms with E-state index in [-0.39, 0.29) is 29.1 Å². The van der Waals surface area contributed by atoms with Crippen LogP contribution in [0.25, 0.3) is 0 Å². The number of nitrogens with zero attached hydrogens (tertiary/aromatic N) is 2. The van der Waals surface area contributed by atoms with Crippen molar-refractivity contribution in [3.8, 4) is 11.5 Å². The Hall–Kier alpha value is -6.55. The van der Waals surface area contributed by atoms with E-state index in [4.69, 9.17) is 11.5 Å². The Morgan fingerprint density at radius 2 is 0.844 bits per heavy atom. The smallest absolute Gasteiger partial charge is 0.253 e. The number of amides is 2. The number of carbonyl (C=O) groups excluding carboxylic acids is 3. The number of phenols is 2. The van der Waals surface area contributed by atoms with Crippen molar-refractivity contribution >= 4 is 17.6 Å². The Labute approximate surface area is 376 Å². The van der Waals surface area contributed by atoms with Crippen LogP contribution < -0.4 is 11.5 Å². The molecule has 2 fully saturated rings. The minimum atomic E-state index is -0.638. The van der Waals surface area contributed by atoms with Gasteiger partial charge in [0.25, 0.3) is 11.8 Å². The van der Waals surface area contributed by atoms with Crippen LogP contribution in [0.5, 0.6) is 11.5 Å². The van der Waals surface area contributed by atoms with Gasteiger partial charge >= 0.3 is 0 Å². The Morgan fingerprint density at radius 1 is 0.484 bits per heavy atom. The lowest BCUT2D eigenvalue weighted by atomic mass is 9.78. The third-order valence-electron chi connectivity index (χ3n) is 13.4. The summed E-state index contributed by atoms with van der Waals surface area (Å²) in [7, 11) is 0. The molecule has 2 heterocycles. The van der Waals surface area contributed by atoms with Crippen molar-refractivity contribution in [2.24, 2.45) is 11.5 Å². The molecule has 0 aliphatic carbocycles. The van der Waals surface area contributed by atoms with Gasteiger partial charge in [-0.05, 0) is 143 Å². The maximum atomic E-state index is 15.2. The molecule has 2 unspecified atom stereocenters.